The molecule has 0 radical (unpaired) electrons. The Hall–Kier alpha value is -3.88. The highest BCUT2D eigenvalue weighted by molar-refractivity contribution is 5.77. The summed E-state index contributed by atoms with van der Waals surface area (Å²) < 4.78 is 2.63. The molecule has 2 aromatic heterocycles. The SMILES string of the molecule is CCCCC(=O)n1nc(C(C)C)n(Cc2ccc(-c3cccc(-c4nn[nH]n4)c3)cc2)c1=O. The number of unbranched alkanes of at least 4 members (excludes halogenated alkanes) is 1. The van der Waals surface area contributed by atoms with E-state index in [-0.39, 0.29) is 17.5 Å². The van der Waals surface area contributed by atoms with Crippen LogP contribution in [-0.2, 0) is 6.54 Å². The van der Waals surface area contributed by atoms with Gasteiger partial charge in [0.1, 0.15) is 5.82 Å². The number of nitrogens with zero attached hydrogens (tertiary/aromatic N) is 6. The molecule has 2 aromatic carbocycles. The zero-order chi connectivity index (χ0) is 23.4. The van der Waals surface area contributed by atoms with Gasteiger partial charge in [-0.15, -0.1) is 20.0 Å². The summed E-state index contributed by atoms with van der Waals surface area (Å²) in [5.41, 5.74) is 3.51. The number of H-pyrrole nitrogens is 1. The first-order valence-electron chi connectivity index (χ1n) is 11.1. The van der Waals surface area contributed by atoms with Crippen LogP contribution < -0.4 is 5.69 Å². The summed E-state index contributed by atoms with van der Waals surface area (Å²) in [7, 11) is 0. The van der Waals surface area contributed by atoms with Crippen molar-refractivity contribution in [2.45, 2.75) is 52.5 Å². The van der Waals surface area contributed by atoms with E-state index in [0.29, 0.717) is 24.6 Å². The normalized spacial score (nSPS) is 11.3. The van der Waals surface area contributed by atoms with Gasteiger partial charge in [0.05, 0.1) is 6.54 Å². The fourth-order valence-electron chi connectivity index (χ4n) is 3.69. The molecule has 33 heavy (non-hydrogen) atoms. The molecule has 1 N–H and O–H groups in total. The quantitative estimate of drug-likeness (QED) is 0.440. The molecule has 0 spiro atoms. The second kappa shape index (κ2) is 9.72. The number of rotatable bonds is 8. The van der Waals surface area contributed by atoms with E-state index in [1.165, 1.54) is 0 Å². The van der Waals surface area contributed by atoms with E-state index in [1.54, 1.807) is 4.57 Å². The third kappa shape index (κ3) is 4.82. The zero-order valence-electron chi connectivity index (χ0n) is 19.0. The predicted octanol–water partition coefficient (Wildman–Crippen LogP) is 3.89. The van der Waals surface area contributed by atoms with Crippen LogP contribution in [0.1, 0.15) is 62.1 Å². The molecule has 0 aliphatic heterocycles. The van der Waals surface area contributed by atoms with Crippen molar-refractivity contribution >= 4 is 5.91 Å². The van der Waals surface area contributed by atoms with Crippen molar-refractivity contribution in [2.75, 3.05) is 0 Å². The van der Waals surface area contributed by atoms with E-state index in [1.807, 2.05) is 69.3 Å². The highest BCUT2D eigenvalue weighted by Gasteiger charge is 2.20. The van der Waals surface area contributed by atoms with Gasteiger partial charge in [-0.25, -0.2) is 4.79 Å². The summed E-state index contributed by atoms with van der Waals surface area (Å²) in [5, 5.41) is 18.5. The zero-order valence-corrected chi connectivity index (χ0v) is 19.0. The van der Waals surface area contributed by atoms with Crippen molar-refractivity contribution in [1.82, 2.24) is 35.0 Å². The Morgan fingerprint density at radius 1 is 1.06 bits per heavy atom. The molecule has 0 fully saturated rings. The summed E-state index contributed by atoms with van der Waals surface area (Å²) >= 11 is 0. The first-order chi connectivity index (χ1) is 16.0. The van der Waals surface area contributed by atoms with Gasteiger partial charge < -0.3 is 0 Å². The molecule has 0 saturated heterocycles. The lowest BCUT2D eigenvalue weighted by Gasteiger charge is -2.09. The second-order valence-corrected chi connectivity index (χ2v) is 8.30. The fraction of sp³-hybridized carbons (Fsp3) is 0.333. The third-order valence-electron chi connectivity index (χ3n) is 5.48. The Labute approximate surface area is 191 Å². The van der Waals surface area contributed by atoms with E-state index >= 15 is 0 Å². The molecule has 0 amide bonds. The number of hydrogen-bond donors (Lipinski definition) is 1. The van der Waals surface area contributed by atoms with Crippen LogP contribution >= 0.6 is 0 Å². The van der Waals surface area contributed by atoms with Crippen LogP contribution in [-0.4, -0.2) is 40.9 Å². The predicted molar refractivity (Wildman–Crippen MR) is 125 cm³/mol. The number of nitrogens with one attached hydrogen (secondary N) is 1. The van der Waals surface area contributed by atoms with Crippen molar-refractivity contribution in [1.29, 1.82) is 0 Å². The third-order valence-corrected chi connectivity index (χ3v) is 5.48. The molecular formula is C24H27N7O2. The highest BCUT2D eigenvalue weighted by atomic mass is 16.2. The van der Waals surface area contributed by atoms with Crippen molar-refractivity contribution in [3.63, 3.8) is 0 Å². The second-order valence-electron chi connectivity index (χ2n) is 8.30. The molecule has 0 bridgehead atoms. The van der Waals surface area contributed by atoms with Gasteiger partial charge in [-0.2, -0.15) is 5.21 Å². The standard InChI is InChI=1S/C24H27N7O2/c1-4-5-9-21(32)31-24(33)30(23(27-31)16(2)3)15-17-10-12-18(13-11-17)19-7-6-8-20(14-19)22-25-28-29-26-22/h6-8,10-14,16H,4-5,9,15H2,1-3H3,(H,25,26,28,29). The lowest BCUT2D eigenvalue weighted by molar-refractivity contribution is 0.0878. The summed E-state index contributed by atoms with van der Waals surface area (Å²) in [6, 6.07) is 15.9. The van der Waals surface area contributed by atoms with E-state index in [9.17, 15) is 9.59 Å². The average molecular weight is 446 g/mol. The molecule has 0 aliphatic carbocycles. The molecule has 0 saturated carbocycles. The first kappa shape index (κ1) is 22.3. The number of tetrazole rings is 1. The Morgan fingerprint density at radius 2 is 1.82 bits per heavy atom. The van der Waals surface area contributed by atoms with Gasteiger partial charge in [0.15, 0.2) is 0 Å². The minimum atomic E-state index is -0.378. The fourth-order valence-corrected chi connectivity index (χ4v) is 3.69. The minimum Gasteiger partial charge on any atom is -0.274 e. The number of benzene rings is 2. The van der Waals surface area contributed by atoms with E-state index in [0.717, 1.165) is 39.8 Å². The van der Waals surface area contributed by atoms with Crippen molar-refractivity contribution in [3.05, 3.63) is 70.4 Å². The highest BCUT2D eigenvalue weighted by Crippen LogP contribution is 2.25. The molecule has 0 unspecified atom stereocenters. The van der Waals surface area contributed by atoms with Crippen LogP contribution in [0.4, 0.5) is 0 Å². The summed E-state index contributed by atoms with van der Waals surface area (Å²) in [4.78, 5) is 25.4. The first-order valence-corrected chi connectivity index (χ1v) is 11.1. The van der Waals surface area contributed by atoms with Crippen LogP contribution in [0.15, 0.2) is 53.3 Å². The monoisotopic (exact) mass is 445 g/mol. The maximum Gasteiger partial charge on any atom is 0.353 e. The van der Waals surface area contributed by atoms with Gasteiger partial charge in [0.2, 0.25) is 5.82 Å². The smallest absolute Gasteiger partial charge is 0.274 e. The lowest BCUT2D eigenvalue weighted by Crippen LogP contribution is -2.30. The van der Waals surface area contributed by atoms with Crippen LogP contribution in [0.5, 0.6) is 0 Å². The molecule has 2 heterocycles. The maximum absolute atomic E-state index is 13.0. The van der Waals surface area contributed by atoms with E-state index < -0.39 is 0 Å². The number of carbonyl (C=O) groups excluding carboxylic acids is 1. The van der Waals surface area contributed by atoms with Crippen LogP contribution in [0.2, 0.25) is 0 Å². The topological polar surface area (TPSA) is 111 Å². The Morgan fingerprint density at radius 3 is 2.48 bits per heavy atom. The number of hydrogen-bond acceptors (Lipinski definition) is 6. The molecular weight excluding hydrogens is 418 g/mol. The Balaban J connectivity index is 1.59. The molecule has 9 nitrogen and oxygen atoms in total. The number of aromatic nitrogens is 7. The average Bonchev–Trinajstić information content (AvgIpc) is 3.47. The summed E-state index contributed by atoms with van der Waals surface area (Å²) in [6.45, 7) is 6.31. The van der Waals surface area contributed by atoms with Gasteiger partial charge in [0, 0.05) is 17.9 Å². The van der Waals surface area contributed by atoms with Gasteiger partial charge in [0.25, 0.3) is 5.91 Å². The van der Waals surface area contributed by atoms with E-state index in [2.05, 4.69) is 25.7 Å². The Bertz CT molecular complexity index is 1290. The van der Waals surface area contributed by atoms with E-state index in [4.69, 9.17) is 0 Å². The van der Waals surface area contributed by atoms with Gasteiger partial charge in [-0.05, 0) is 34.4 Å². The van der Waals surface area contributed by atoms with Crippen molar-refractivity contribution in [3.8, 4) is 22.5 Å². The maximum atomic E-state index is 13.0. The minimum absolute atomic E-state index is 0.0186. The largest absolute Gasteiger partial charge is 0.353 e. The molecule has 0 atom stereocenters. The molecule has 170 valence electrons. The van der Waals surface area contributed by atoms with Crippen LogP contribution in [0, 0.1) is 0 Å². The molecule has 9 heteroatoms. The van der Waals surface area contributed by atoms with Crippen molar-refractivity contribution in [2.24, 2.45) is 0 Å². The van der Waals surface area contributed by atoms with Crippen LogP contribution in [0.3, 0.4) is 0 Å². The van der Waals surface area contributed by atoms with Gasteiger partial charge >= 0.3 is 5.69 Å². The van der Waals surface area contributed by atoms with Gasteiger partial charge in [-0.1, -0.05) is 69.7 Å². The number of carbonyl (C=O) groups is 1. The number of aromatic amines is 1. The molecule has 0 aliphatic rings. The summed E-state index contributed by atoms with van der Waals surface area (Å²) in [5.74, 6) is 0.922. The molecule has 4 aromatic rings. The Kier molecular flexibility index (Phi) is 6.58. The van der Waals surface area contributed by atoms with Gasteiger partial charge in [-0.3, -0.25) is 9.36 Å². The molecule has 4 rings (SSSR count). The van der Waals surface area contributed by atoms with Crippen LogP contribution in [0.25, 0.3) is 22.5 Å². The van der Waals surface area contributed by atoms with Crippen molar-refractivity contribution < 1.29 is 4.79 Å². The summed E-state index contributed by atoms with van der Waals surface area (Å²) in [6.07, 6.45) is 1.95. The lowest BCUT2D eigenvalue weighted by atomic mass is 10.0.